The van der Waals surface area contributed by atoms with Crippen LogP contribution in [0.25, 0.3) is 0 Å². The van der Waals surface area contributed by atoms with E-state index in [-0.39, 0.29) is 24.4 Å². The average molecular weight is 330 g/mol. The van der Waals surface area contributed by atoms with Gasteiger partial charge in [-0.05, 0) is 24.3 Å². The third-order valence-corrected chi connectivity index (χ3v) is 3.98. The number of carbonyl (C=O) groups is 2. The minimum Gasteiger partial charge on any atom is -0.333 e. The molecular formula is C17H16ClN3O2. The van der Waals surface area contributed by atoms with E-state index in [2.05, 4.69) is 10.6 Å². The van der Waals surface area contributed by atoms with Crippen molar-refractivity contribution in [3.05, 3.63) is 59.6 Å². The van der Waals surface area contributed by atoms with Crippen LogP contribution in [0.5, 0.6) is 0 Å². The third kappa shape index (κ3) is 3.63. The number of anilines is 2. The molecule has 2 aromatic carbocycles. The highest BCUT2D eigenvalue weighted by Crippen LogP contribution is 2.22. The van der Waals surface area contributed by atoms with Crippen molar-refractivity contribution in [3.8, 4) is 0 Å². The number of nitrogens with one attached hydrogen (secondary N) is 2. The second-order valence-electron chi connectivity index (χ2n) is 5.32. The number of carbonyl (C=O) groups excluding carboxylic acids is 2. The molecule has 1 saturated heterocycles. The Kier molecular flexibility index (Phi) is 4.48. The van der Waals surface area contributed by atoms with Gasteiger partial charge in [-0.15, -0.1) is 0 Å². The van der Waals surface area contributed by atoms with Gasteiger partial charge in [0.05, 0.1) is 16.8 Å². The molecule has 1 fully saturated rings. The lowest BCUT2D eigenvalue weighted by molar-refractivity contribution is -0.117. The lowest BCUT2D eigenvalue weighted by atomic mass is 10.2. The first-order valence-electron chi connectivity index (χ1n) is 7.31. The Balaban J connectivity index is 1.60. The third-order valence-electron chi connectivity index (χ3n) is 3.65. The number of benzene rings is 2. The molecule has 6 heteroatoms. The van der Waals surface area contributed by atoms with E-state index in [1.54, 1.807) is 29.2 Å². The molecule has 0 spiro atoms. The van der Waals surface area contributed by atoms with Gasteiger partial charge in [0, 0.05) is 18.7 Å². The number of urea groups is 1. The molecular weight excluding hydrogens is 314 g/mol. The van der Waals surface area contributed by atoms with Crippen LogP contribution in [-0.4, -0.2) is 24.5 Å². The maximum absolute atomic E-state index is 12.1. The van der Waals surface area contributed by atoms with Crippen molar-refractivity contribution < 1.29 is 9.59 Å². The van der Waals surface area contributed by atoms with Gasteiger partial charge in [-0.25, -0.2) is 4.79 Å². The van der Waals surface area contributed by atoms with Crippen molar-refractivity contribution in [2.45, 2.75) is 12.5 Å². The topological polar surface area (TPSA) is 61.4 Å². The van der Waals surface area contributed by atoms with Crippen molar-refractivity contribution in [1.29, 1.82) is 0 Å². The summed E-state index contributed by atoms with van der Waals surface area (Å²) in [4.78, 5) is 25.9. The van der Waals surface area contributed by atoms with Crippen LogP contribution in [0.15, 0.2) is 54.6 Å². The number of rotatable bonds is 3. The molecule has 1 aliphatic rings. The summed E-state index contributed by atoms with van der Waals surface area (Å²) in [6.07, 6.45) is 0.283. The maximum atomic E-state index is 12.1. The fraction of sp³-hybridized carbons (Fsp3) is 0.176. The van der Waals surface area contributed by atoms with Gasteiger partial charge in [-0.1, -0.05) is 41.9 Å². The van der Waals surface area contributed by atoms with Crippen molar-refractivity contribution >= 4 is 34.9 Å². The molecule has 1 atom stereocenters. The highest BCUT2D eigenvalue weighted by Gasteiger charge is 2.31. The molecule has 0 aliphatic carbocycles. The van der Waals surface area contributed by atoms with Gasteiger partial charge in [0.15, 0.2) is 0 Å². The lowest BCUT2D eigenvalue weighted by Crippen LogP contribution is -2.39. The number of hydrogen-bond acceptors (Lipinski definition) is 2. The van der Waals surface area contributed by atoms with E-state index < -0.39 is 0 Å². The molecule has 0 radical (unpaired) electrons. The van der Waals surface area contributed by atoms with Crippen molar-refractivity contribution in [2.24, 2.45) is 0 Å². The molecule has 3 amide bonds. The van der Waals surface area contributed by atoms with Gasteiger partial charge in [-0.2, -0.15) is 0 Å². The normalized spacial score (nSPS) is 17.2. The molecule has 1 heterocycles. The van der Waals surface area contributed by atoms with Gasteiger partial charge in [0.2, 0.25) is 5.91 Å². The first kappa shape index (κ1) is 15.4. The second kappa shape index (κ2) is 6.71. The first-order chi connectivity index (χ1) is 11.1. The molecule has 2 N–H and O–H groups in total. The van der Waals surface area contributed by atoms with Crippen LogP contribution in [0.3, 0.4) is 0 Å². The van der Waals surface area contributed by atoms with Crippen molar-refractivity contribution in [3.63, 3.8) is 0 Å². The van der Waals surface area contributed by atoms with Gasteiger partial charge in [0.25, 0.3) is 0 Å². The van der Waals surface area contributed by atoms with E-state index in [1.165, 1.54) is 0 Å². The minimum atomic E-state index is -0.370. The summed E-state index contributed by atoms with van der Waals surface area (Å²) in [5, 5.41) is 5.98. The predicted molar refractivity (Wildman–Crippen MR) is 90.8 cm³/mol. The lowest BCUT2D eigenvalue weighted by Gasteiger charge is -2.17. The van der Waals surface area contributed by atoms with Crippen LogP contribution in [-0.2, 0) is 4.79 Å². The molecule has 0 aromatic heterocycles. The fourth-order valence-electron chi connectivity index (χ4n) is 2.57. The summed E-state index contributed by atoms with van der Waals surface area (Å²) in [5.74, 6) is -0.000700. The quantitative estimate of drug-likeness (QED) is 0.908. The molecule has 118 valence electrons. The Morgan fingerprint density at radius 2 is 1.78 bits per heavy atom. The minimum absolute atomic E-state index is 0.000700. The highest BCUT2D eigenvalue weighted by atomic mass is 35.5. The van der Waals surface area contributed by atoms with Gasteiger partial charge in [-0.3, -0.25) is 4.79 Å². The van der Waals surface area contributed by atoms with E-state index in [4.69, 9.17) is 11.6 Å². The van der Waals surface area contributed by atoms with Crippen molar-refractivity contribution in [2.75, 3.05) is 16.8 Å². The Hall–Kier alpha value is -2.53. The van der Waals surface area contributed by atoms with Crippen molar-refractivity contribution in [1.82, 2.24) is 5.32 Å². The van der Waals surface area contributed by atoms with E-state index in [0.29, 0.717) is 17.3 Å². The smallest absolute Gasteiger partial charge is 0.319 e. The Morgan fingerprint density at radius 3 is 2.52 bits per heavy atom. The van der Waals surface area contributed by atoms with Gasteiger partial charge in [0.1, 0.15) is 0 Å². The average Bonchev–Trinajstić information content (AvgIpc) is 2.91. The Morgan fingerprint density at radius 1 is 1.09 bits per heavy atom. The zero-order valence-corrected chi connectivity index (χ0v) is 13.1. The molecule has 5 nitrogen and oxygen atoms in total. The van der Waals surface area contributed by atoms with Gasteiger partial charge < -0.3 is 15.5 Å². The number of para-hydroxylation sites is 2. The fourth-order valence-corrected chi connectivity index (χ4v) is 2.75. The highest BCUT2D eigenvalue weighted by molar-refractivity contribution is 6.33. The summed E-state index contributed by atoms with van der Waals surface area (Å²) in [5.41, 5.74) is 1.38. The molecule has 3 rings (SSSR count). The summed E-state index contributed by atoms with van der Waals surface area (Å²) in [7, 11) is 0. The molecule has 1 aliphatic heterocycles. The zero-order chi connectivity index (χ0) is 16.2. The second-order valence-corrected chi connectivity index (χ2v) is 5.73. The number of hydrogen-bond donors (Lipinski definition) is 2. The summed E-state index contributed by atoms with van der Waals surface area (Å²) in [6, 6.07) is 15.8. The van der Waals surface area contributed by atoms with E-state index in [0.717, 1.165) is 5.69 Å². The largest absolute Gasteiger partial charge is 0.333 e. The van der Waals surface area contributed by atoms with Gasteiger partial charge >= 0.3 is 6.03 Å². The molecule has 0 bridgehead atoms. The summed E-state index contributed by atoms with van der Waals surface area (Å²) in [6.45, 7) is 0.457. The Bertz CT molecular complexity index is 721. The molecule has 2 aromatic rings. The van der Waals surface area contributed by atoms with Crippen LogP contribution in [0.2, 0.25) is 5.02 Å². The van der Waals surface area contributed by atoms with E-state index >= 15 is 0 Å². The maximum Gasteiger partial charge on any atom is 0.319 e. The molecule has 1 unspecified atom stereocenters. The SMILES string of the molecule is O=C(Nc1ccccc1Cl)NC1CC(=O)N(c2ccccc2)C1. The first-order valence-corrected chi connectivity index (χ1v) is 7.69. The Labute approximate surface area is 139 Å². The monoisotopic (exact) mass is 329 g/mol. The molecule has 23 heavy (non-hydrogen) atoms. The number of nitrogens with zero attached hydrogens (tertiary/aromatic N) is 1. The van der Waals surface area contributed by atoms with E-state index in [9.17, 15) is 9.59 Å². The van der Waals surface area contributed by atoms with E-state index in [1.807, 2.05) is 30.3 Å². The molecule has 0 saturated carbocycles. The van der Waals surface area contributed by atoms with Crippen LogP contribution in [0, 0.1) is 0 Å². The van der Waals surface area contributed by atoms with Crippen LogP contribution < -0.4 is 15.5 Å². The summed E-state index contributed by atoms with van der Waals surface area (Å²) >= 11 is 6.01. The zero-order valence-electron chi connectivity index (χ0n) is 12.3. The number of halogens is 1. The standard InChI is InChI=1S/C17H16ClN3O2/c18-14-8-4-5-9-15(14)20-17(23)19-12-10-16(22)21(11-12)13-6-2-1-3-7-13/h1-9,12H,10-11H2,(H2,19,20,23). The summed E-state index contributed by atoms with van der Waals surface area (Å²) < 4.78 is 0. The predicted octanol–water partition coefficient (Wildman–Crippen LogP) is 3.27. The van der Waals surface area contributed by atoms with Crippen LogP contribution >= 0.6 is 11.6 Å². The van der Waals surface area contributed by atoms with Crippen LogP contribution in [0.4, 0.5) is 16.2 Å². The van der Waals surface area contributed by atoms with Crippen LogP contribution in [0.1, 0.15) is 6.42 Å². The number of amides is 3.